The van der Waals surface area contributed by atoms with Crippen molar-refractivity contribution in [3.63, 3.8) is 0 Å². The quantitative estimate of drug-likeness (QED) is 0.836. The first-order chi connectivity index (χ1) is 8.45. The first kappa shape index (κ1) is 14.9. The number of rotatable bonds is 6. The molecule has 0 spiro atoms. The van der Waals surface area contributed by atoms with Gasteiger partial charge in [-0.25, -0.2) is 0 Å². The zero-order valence-electron chi connectivity index (χ0n) is 11.9. The molecule has 0 bridgehead atoms. The SMILES string of the molecule is CC(C)C(=O)C[C@H](CN)c1cccc(C(C)C)c1. The van der Waals surface area contributed by atoms with Crippen molar-refractivity contribution in [3.8, 4) is 0 Å². The van der Waals surface area contributed by atoms with Gasteiger partial charge in [-0.15, -0.1) is 0 Å². The van der Waals surface area contributed by atoms with E-state index in [2.05, 4.69) is 38.1 Å². The van der Waals surface area contributed by atoms with Crippen LogP contribution in [0.15, 0.2) is 24.3 Å². The number of hydrogen-bond donors (Lipinski definition) is 1. The molecule has 100 valence electrons. The highest BCUT2D eigenvalue weighted by Gasteiger charge is 2.17. The standard InChI is InChI=1S/C16H25NO/c1-11(2)13-6-5-7-14(8-13)15(10-17)9-16(18)12(3)4/h5-8,11-12,15H,9-10,17H2,1-4H3/t15-/m1/s1. The van der Waals surface area contributed by atoms with E-state index in [1.54, 1.807) is 0 Å². The Kier molecular flexibility index (Phi) is 5.54. The van der Waals surface area contributed by atoms with E-state index in [9.17, 15) is 4.79 Å². The average molecular weight is 247 g/mol. The maximum atomic E-state index is 11.8. The summed E-state index contributed by atoms with van der Waals surface area (Å²) < 4.78 is 0. The molecule has 1 atom stereocenters. The van der Waals surface area contributed by atoms with E-state index in [-0.39, 0.29) is 11.8 Å². The predicted octanol–water partition coefficient (Wildman–Crippen LogP) is 3.47. The van der Waals surface area contributed by atoms with Crippen molar-refractivity contribution in [3.05, 3.63) is 35.4 Å². The Balaban J connectivity index is 2.88. The minimum atomic E-state index is 0.0901. The normalized spacial score (nSPS) is 13.1. The number of hydrogen-bond acceptors (Lipinski definition) is 2. The average Bonchev–Trinajstić information content (AvgIpc) is 2.35. The third-order valence-corrected chi connectivity index (χ3v) is 3.42. The number of Topliss-reactive ketones (excluding diaryl/α,β-unsaturated/α-hetero) is 1. The van der Waals surface area contributed by atoms with E-state index in [0.717, 1.165) is 0 Å². The Labute approximate surface area is 111 Å². The molecule has 0 heterocycles. The summed E-state index contributed by atoms with van der Waals surface area (Å²) in [6.07, 6.45) is 0.551. The largest absolute Gasteiger partial charge is 0.330 e. The van der Waals surface area contributed by atoms with Gasteiger partial charge in [-0.1, -0.05) is 52.0 Å². The summed E-state index contributed by atoms with van der Waals surface area (Å²) in [6, 6.07) is 8.46. The summed E-state index contributed by atoms with van der Waals surface area (Å²) in [6.45, 7) is 8.77. The van der Waals surface area contributed by atoms with Crippen LogP contribution in [0.1, 0.15) is 57.1 Å². The molecule has 0 aliphatic rings. The van der Waals surface area contributed by atoms with Gasteiger partial charge < -0.3 is 5.73 Å². The summed E-state index contributed by atoms with van der Waals surface area (Å²) in [5.41, 5.74) is 8.33. The number of carbonyl (C=O) groups excluding carboxylic acids is 1. The highest BCUT2D eigenvalue weighted by Crippen LogP contribution is 2.24. The second-order valence-electron chi connectivity index (χ2n) is 5.58. The van der Waals surface area contributed by atoms with Gasteiger partial charge in [0.25, 0.3) is 0 Å². The Morgan fingerprint density at radius 1 is 1.17 bits per heavy atom. The Bertz CT molecular complexity index is 396. The van der Waals surface area contributed by atoms with Crippen LogP contribution in [-0.2, 0) is 4.79 Å². The van der Waals surface area contributed by atoms with Crippen molar-refractivity contribution in [1.82, 2.24) is 0 Å². The van der Waals surface area contributed by atoms with Crippen molar-refractivity contribution >= 4 is 5.78 Å². The van der Waals surface area contributed by atoms with Gasteiger partial charge in [0.1, 0.15) is 5.78 Å². The van der Waals surface area contributed by atoms with Gasteiger partial charge in [0.15, 0.2) is 0 Å². The second-order valence-corrected chi connectivity index (χ2v) is 5.58. The maximum Gasteiger partial charge on any atom is 0.136 e. The molecule has 0 aromatic heterocycles. The lowest BCUT2D eigenvalue weighted by atomic mass is 9.88. The van der Waals surface area contributed by atoms with Gasteiger partial charge in [0.2, 0.25) is 0 Å². The van der Waals surface area contributed by atoms with Gasteiger partial charge in [-0.05, 0) is 23.6 Å². The van der Waals surface area contributed by atoms with Gasteiger partial charge in [-0.2, -0.15) is 0 Å². The van der Waals surface area contributed by atoms with Gasteiger partial charge in [0, 0.05) is 18.3 Å². The molecule has 0 amide bonds. The summed E-state index contributed by atoms with van der Waals surface area (Å²) in [4.78, 5) is 11.8. The fourth-order valence-corrected chi connectivity index (χ4v) is 1.99. The monoisotopic (exact) mass is 247 g/mol. The van der Waals surface area contributed by atoms with Crippen molar-refractivity contribution in [2.24, 2.45) is 11.7 Å². The molecule has 1 rings (SSSR count). The van der Waals surface area contributed by atoms with Crippen LogP contribution in [0.25, 0.3) is 0 Å². The van der Waals surface area contributed by atoms with Crippen molar-refractivity contribution in [2.75, 3.05) is 6.54 Å². The van der Waals surface area contributed by atoms with E-state index in [1.165, 1.54) is 11.1 Å². The molecule has 0 saturated heterocycles. The van der Waals surface area contributed by atoms with Crippen molar-refractivity contribution < 1.29 is 4.79 Å². The van der Waals surface area contributed by atoms with Crippen LogP contribution in [0.4, 0.5) is 0 Å². The zero-order valence-corrected chi connectivity index (χ0v) is 11.9. The molecule has 2 heteroatoms. The smallest absolute Gasteiger partial charge is 0.136 e. The van der Waals surface area contributed by atoms with E-state index in [1.807, 2.05) is 13.8 Å². The minimum absolute atomic E-state index is 0.0901. The molecule has 18 heavy (non-hydrogen) atoms. The predicted molar refractivity (Wildman–Crippen MR) is 76.8 cm³/mol. The first-order valence-electron chi connectivity index (χ1n) is 6.78. The van der Waals surface area contributed by atoms with E-state index >= 15 is 0 Å². The van der Waals surface area contributed by atoms with Crippen LogP contribution in [0.2, 0.25) is 0 Å². The molecule has 1 aromatic rings. The lowest BCUT2D eigenvalue weighted by Crippen LogP contribution is -2.19. The van der Waals surface area contributed by atoms with Crippen LogP contribution in [0.3, 0.4) is 0 Å². The van der Waals surface area contributed by atoms with E-state index < -0.39 is 0 Å². The van der Waals surface area contributed by atoms with Crippen LogP contribution in [0, 0.1) is 5.92 Å². The van der Waals surface area contributed by atoms with Crippen LogP contribution in [-0.4, -0.2) is 12.3 Å². The maximum absolute atomic E-state index is 11.8. The summed E-state index contributed by atoms with van der Waals surface area (Å²) >= 11 is 0. The van der Waals surface area contributed by atoms with Crippen LogP contribution < -0.4 is 5.73 Å². The van der Waals surface area contributed by atoms with Gasteiger partial charge in [-0.3, -0.25) is 4.79 Å². The fourth-order valence-electron chi connectivity index (χ4n) is 1.99. The highest BCUT2D eigenvalue weighted by atomic mass is 16.1. The second kappa shape index (κ2) is 6.69. The Morgan fingerprint density at radius 3 is 2.28 bits per heavy atom. The molecule has 0 aliphatic carbocycles. The molecule has 0 saturated carbocycles. The minimum Gasteiger partial charge on any atom is -0.330 e. The third kappa shape index (κ3) is 3.95. The van der Waals surface area contributed by atoms with Crippen molar-refractivity contribution in [2.45, 2.75) is 46.0 Å². The van der Waals surface area contributed by atoms with E-state index in [4.69, 9.17) is 5.73 Å². The molecule has 1 aromatic carbocycles. The molecule has 0 aliphatic heterocycles. The first-order valence-corrected chi connectivity index (χ1v) is 6.78. The molecule has 2 N–H and O–H groups in total. The Hall–Kier alpha value is -1.15. The number of benzene rings is 1. The summed E-state index contributed by atoms with van der Waals surface area (Å²) in [5, 5.41) is 0. The van der Waals surface area contributed by atoms with Gasteiger partial charge >= 0.3 is 0 Å². The lowest BCUT2D eigenvalue weighted by Gasteiger charge is -2.17. The molecular weight excluding hydrogens is 222 g/mol. The molecule has 0 radical (unpaired) electrons. The number of nitrogens with two attached hydrogens (primary N) is 1. The molecule has 0 unspecified atom stereocenters. The zero-order chi connectivity index (χ0) is 13.7. The topological polar surface area (TPSA) is 43.1 Å². The number of ketones is 1. The molecule has 2 nitrogen and oxygen atoms in total. The van der Waals surface area contributed by atoms with Crippen molar-refractivity contribution in [1.29, 1.82) is 0 Å². The summed E-state index contributed by atoms with van der Waals surface area (Å²) in [7, 11) is 0. The summed E-state index contributed by atoms with van der Waals surface area (Å²) in [5.74, 6) is 1.04. The van der Waals surface area contributed by atoms with Gasteiger partial charge in [0.05, 0.1) is 0 Å². The third-order valence-electron chi connectivity index (χ3n) is 3.42. The van der Waals surface area contributed by atoms with Crippen LogP contribution >= 0.6 is 0 Å². The van der Waals surface area contributed by atoms with Crippen LogP contribution in [0.5, 0.6) is 0 Å². The fraction of sp³-hybridized carbons (Fsp3) is 0.562. The number of carbonyl (C=O) groups is 1. The highest BCUT2D eigenvalue weighted by molar-refractivity contribution is 5.81. The molecular formula is C16H25NO. The lowest BCUT2D eigenvalue weighted by molar-refractivity contribution is -0.122. The Morgan fingerprint density at radius 2 is 1.78 bits per heavy atom. The van der Waals surface area contributed by atoms with E-state index in [0.29, 0.717) is 24.7 Å². The molecule has 0 fully saturated rings.